The Morgan fingerprint density at radius 2 is 2.20 bits per heavy atom. The van der Waals surface area contributed by atoms with E-state index in [0.29, 0.717) is 0 Å². The van der Waals surface area contributed by atoms with E-state index in [4.69, 9.17) is 15.9 Å². The molecule has 0 heterocycles. The fraction of sp³-hybridized carbons (Fsp3) is 0.300. The zero-order valence-electron chi connectivity index (χ0n) is 8.20. The predicted octanol–water partition coefficient (Wildman–Crippen LogP) is 0.876. The molecule has 1 aromatic rings. The summed E-state index contributed by atoms with van der Waals surface area (Å²) in [4.78, 5) is 10.7. The molecule has 0 aliphatic carbocycles. The van der Waals surface area contributed by atoms with Crippen LogP contribution in [0, 0.1) is 5.82 Å². The monoisotopic (exact) mass is 213 g/mol. The van der Waals surface area contributed by atoms with E-state index in [9.17, 15) is 9.18 Å². The van der Waals surface area contributed by atoms with Gasteiger partial charge in [0.25, 0.3) is 0 Å². The Labute approximate surface area is 86.1 Å². The molecule has 0 radical (unpaired) electrons. The first-order chi connectivity index (χ1) is 6.83. The van der Waals surface area contributed by atoms with Crippen LogP contribution in [-0.4, -0.2) is 21.7 Å². The first-order valence-corrected chi connectivity index (χ1v) is 4.32. The second kappa shape index (κ2) is 3.86. The molecule has 1 aromatic carbocycles. The van der Waals surface area contributed by atoms with Crippen molar-refractivity contribution in [3.63, 3.8) is 0 Å². The van der Waals surface area contributed by atoms with E-state index in [1.807, 2.05) is 0 Å². The van der Waals surface area contributed by atoms with Gasteiger partial charge in [-0.25, -0.2) is 4.39 Å². The van der Waals surface area contributed by atoms with Crippen molar-refractivity contribution in [3.05, 3.63) is 29.6 Å². The SMILES string of the molecule is C[C@](N)(Cc1ccc(O)cc1F)C(=O)O. The lowest BCUT2D eigenvalue weighted by Gasteiger charge is -2.19. The van der Waals surface area contributed by atoms with Crippen molar-refractivity contribution in [3.8, 4) is 5.75 Å². The minimum Gasteiger partial charge on any atom is -0.508 e. The van der Waals surface area contributed by atoms with Crippen LogP contribution in [0.25, 0.3) is 0 Å². The third-order valence-electron chi connectivity index (χ3n) is 2.08. The Kier molecular flexibility index (Phi) is 2.95. The summed E-state index contributed by atoms with van der Waals surface area (Å²) in [6.07, 6.45) is -0.131. The number of benzene rings is 1. The quantitative estimate of drug-likeness (QED) is 0.695. The summed E-state index contributed by atoms with van der Waals surface area (Å²) >= 11 is 0. The van der Waals surface area contributed by atoms with Gasteiger partial charge < -0.3 is 15.9 Å². The summed E-state index contributed by atoms with van der Waals surface area (Å²) in [5.74, 6) is -2.06. The Bertz CT molecular complexity index is 390. The van der Waals surface area contributed by atoms with Crippen molar-refractivity contribution >= 4 is 5.97 Å². The van der Waals surface area contributed by atoms with Crippen molar-refractivity contribution in [2.75, 3.05) is 0 Å². The van der Waals surface area contributed by atoms with Gasteiger partial charge in [-0.05, 0) is 18.6 Å². The Morgan fingerprint density at radius 1 is 1.60 bits per heavy atom. The lowest BCUT2D eigenvalue weighted by atomic mass is 9.94. The van der Waals surface area contributed by atoms with E-state index >= 15 is 0 Å². The maximum atomic E-state index is 13.2. The van der Waals surface area contributed by atoms with Crippen molar-refractivity contribution in [1.82, 2.24) is 0 Å². The Morgan fingerprint density at radius 3 is 2.67 bits per heavy atom. The molecule has 0 unspecified atom stereocenters. The lowest BCUT2D eigenvalue weighted by Crippen LogP contribution is -2.47. The zero-order valence-corrected chi connectivity index (χ0v) is 8.20. The van der Waals surface area contributed by atoms with Gasteiger partial charge in [-0.2, -0.15) is 0 Å². The number of rotatable bonds is 3. The number of carboxylic acids is 1. The van der Waals surface area contributed by atoms with E-state index in [1.165, 1.54) is 19.1 Å². The lowest BCUT2D eigenvalue weighted by molar-refractivity contribution is -0.142. The number of phenols is 1. The third kappa shape index (κ3) is 2.66. The summed E-state index contributed by atoms with van der Waals surface area (Å²) in [5, 5.41) is 17.7. The maximum Gasteiger partial charge on any atom is 0.323 e. The zero-order chi connectivity index (χ0) is 11.6. The van der Waals surface area contributed by atoms with Crippen LogP contribution in [-0.2, 0) is 11.2 Å². The van der Waals surface area contributed by atoms with E-state index in [0.717, 1.165) is 6.07 Å². The van der Waals surface area contributed by atoms with Crippen LogP contribution in [0.3, 0.4) is 0 Å². The highest BCUT2D eigenvalue weighted by Gasteiger charge is 2.29. The maximum absolute atomic E-state index is 13.2. The van der Waals surface area contributed by atoms with Gasteiger partial charge in [0.2, 0.25) is 0 Å². The molecule has 82 valence electrons. The molecule has 1 rings (SSSR count). The number of carbonyl (C=O) groups is 1. The van der Waals surface area contributed by atoms with Crippen LogP contribution >= 0.6 is 0 Å². The normalized spacial score (nSPS) is 14.6. The first kappa shape index (κ1) is 11.5. The molecule has 0 saturated carbocycles. The summed E-state index contributed by atoms with van der Waals surface area (Å²) in [7, 11) is 0. The van der Waals surface area contributed by atoms with Gasteiger partial charge in [0.15, 0.2) is 0 Å². The minimum atomic E-state index is -1.52. The molecule has 0 aliphatic heterocycles. The Hall–Kier alpha value is -1.62. The number of nitrogens with two attached hydrogens (primary N) is 1. The van der Waals surface area contributed by atoms with Crippen LogP contribution < -0.4 is 5.73 Å². The minimum absolute atomic E-state index is 0.131. The molecular weight excluding hydrogens is 201 g/mol. The van der Waals surface area contributed by atoms with Crippen LogP contribution in [0.15, 0.2) is 18.2 Å². The second-order valence-electron chi connectivity index (χ2n) is 3.68. The summed E-state index contributed by atoms with van der Waals surface area (Å²) in [6.45, 7) is 1.31. The van der Waals surface area contributed by atoms with Gasteiger partial charge in [-0.1, -0.05) is 6.07 Å². The number of halogens is 1. The van der Waals surface area contributed by atoms with Crippen molar-refractivity contribution in [2.45, 2.75) is 18.9 Å². The van der Waals surface area contributed by atoms with Crippen LogP contribution in [0.2, 0.25) is 0 Å². The third-order valence-corrected chi connectivity index (χ3v) is 2.08. The topological polar surface area (TPSA) is 83.5 Å². The number of carboxylic acid groups (broad SMARTS) is 1. The number of hydrogen-bond acceptors (Lipinski definition) is 3. The molecule has 15 heavy (non-hydrogen) atoms. The van der Waals surface area contributed by atoms with Gasteiger partial charge in [0.05, 0.1) is 0 Å². The first-order valence-electron chi connectivity index (χ1n) is 4.32. The van der Waals surface area contributed by atoms with Gasteiger partial charge in [-0.3, -0.25) is 4.79 Å². The average Bonchev–Trinajstić information content (AvgIpc) is 2.09. The van der Waals surface area contributed by atoms with E-state index < -0.39 is 17.3 Å². The van der Waals surface area contributed by atoms with Crippen LogP contribution in [0.4, 0.5) is 4.39 Å². The van der Waals surface area contributed by atoms with Crippen molar-refractivity contribution < 1.29 is 19.4 Å². The Balaban J connectivity index is 2.95. The molecular formula is C10H12FNO3. The van der Waals surface area contributed by atoms with Crippen LogP contribution in [0.1, 0.15) is 12.5 Å². The standard InChI is InChI=1S/C10H12FNO3/c1-10(12,9(14)15)5-6-2-3-7(13)4-8(6)11/h2-4,13H,5,12H2,1H3,(H,14,15)/t10-/m0/s1. The molecule has 0 spiro atoms. The summed E-state index contributed by atoms with van der Waals surface area (Å²) < 4.78 is 13.2. The molecule has 0 aromatic heterocycles. The molecule has 0 amide bonds. The van der Waals surface area contributed by atoms with Gasteiger partial charge in [0.1, 0.15) is 17.1 Å². The fourth-order valence-corrected chi connectivity index (χ4v) is 1.15. The highest BCUT2D eigenvalue weighted by molar-refractivity contribution is 5.78. The highest BCUT2D eigenvalue weighted by atomic mass is 19.1. The molecule has 0 bridgehead atoms. The number of aliphatic carboxylic acids is 1. The summed E-state index contributed by atoms with van der Waals surface area (Å²) in [6, 6.07) is 3.53. The van der Waals surface area contributed by atoms with E-state index in [2.05, 4.69) is 0 Å². The molecule has 1 atom stereocenters. The number of hydrogen-bond donors (Lipinski definition) is 3. The molecule has 5 heteroatoms. The number of phenolic OH excluding ortho intramolecular Hbond substituents is 1. The van der Waals surface area contributed by atoms with Crippen LogP contribution in [0.5, 0.6) is 5.75 Å². The van der Waals surface area contributed by atoms with Crippen molar-refractivity contribution in [1.29, 1.82) is 0 Å². The number of aromatic hydroxyl groups is 1. The molecule has 0 saturated heterocycles. The second-order valence-corrected chi connectivity index (χ2v) is 3.68. The van der Waals surface area contributed by atoms with Gasteiger partial charge in [0, 0.05) is 12.5 Å². The van der Waals surface area contributed by atoms with E-state index in [1.54, 1.807) is 0 Å². The van der Waals surface area contributed by atoms with E-state index in [-0.39, 0.29) is 17.7 Å². The fourth-order valence-electron chi connectivity index (χ4n) is 1.15. The molecule has 0 fully saturated rings. The highest BCUT2D eigenvalue weighted by Crippen LogP contribution is 2.19. The van der Waals surface area contributed by atoms with Crippen molar-refractivity contribution in [2.24, 2.45) is 5.73 Å². The average molecular weight is 213 g/mol. The molecule has 4 N–H and O–H groups in total. The predicted molar refractivity (Wildman–Crippen MR) is 52.0 cm³/mol. The molecule has 0 aliphatic rings. The largest absolute Gasteiger partial charge is 0.508 e. The van der Waals surface area contributed by atoms with Gasteiger partial charge in [-0.15, -0.1) is 0 Å². The molecule has 4 nitrogen and oxygen atoms in total. The smallest absolute Gasteiger partial charge is 0.323 e. The van der Waals surface area contributed by atoms with Gasteiger partial charge >= 0.3 is 5.97 Å². The summed E-state index contributed by atoms with van der Waals surface area (Å²) in [5.41, 5.74) is 4.12.